The molecule has 0 aromatic heterocycles. The molecule has 0 spiro atoms. The number of nitrogens with zero attached hydrogens (tertiary/aromatic N) is 1. The van der Waals surface area contributed by atoms with Crippen LogP contribution in [0.3, 0.4) is 0 Å². The highest BCUT2D eigenvalue weighted by atomic mass is 19.1. The Morgan fingerprint density at radius 3 is 2.32 bits per heavy atom. The van der Waals surface area contributed by atoms with E-state index in [1.165, 1.54) is 12.1 Å². The molecule has 1 aromatic rings. The molecule has 0 saturated carbocycles. The van der Waals surface area contributed by atoms with Gasteiger partial charge in [-0.25, -0.2) is 4.39 Å². The minimum absolute atomic E-state index is 0.293. The van der Waals surface area contributed by atoms with Gasteiger partial charge in [0.05, 0.1) is 6.10 Å². The molecule has 0 radical (unpaired) electrons. The van der Waals surface area contributed by atoms with Crippen LogP contribution in [-0.2, 0) is 0 Å². The lowest BCUT2D eigenvalue weighted by Crippen LogP contribution is -2.30. The third kappa shape index (κ3) is 4.20. The van der Waals surface area contributed by atoms with Crippen molar-refractivity contribution in [1.82, 2.24) is 0 Å². The molecule has 0 bridgehead atoms. The molecule has 0 fully saturated rings. The molecule has 0 unspecified atom stereocenters. The van der Waals surface area contributed by atoms with Gasteiger partial charge in [-0.1, -0.05) is 26.7 Å². The molecule has 0 aliphatic heterocycles. The Bertz CT molecular complexity index is 388. The van der Waals surface area contributed by atoms with E-state index in [-0.39, 0.29) is 5.82 Å². The van der Waals surface area contributed by atoms with E-state index in [9.17, 15) is 9.50 Å². The van der Waals surface area contributed by atoms with Crippen LogP contribution in [0.2, 0.25) is 0 Å². The molecule has 1 rings (SSSR count). The lowest BCUT2D eigenvalue weighted by Gasteiger charge is -2.30. The second kappa shape index (κ2) is 7.49. The topological polar surface area (TPSA) is 23.5 Å². The molecular weight excluding hydrogens is 241 g/mol. The van der Waals surface area contributed by atoms with E-state index in [1.807, 2.05) is 0 Å². The smallest absolute Gasteiger partial charge is 0.123 e. The zero-order chi connectivity index (χ0) is 14.4. The van der Waals surface area contributed by atoms with Gasteiger partial charge in [0.25, 0.3) is 0 Å². The second-order valence-corrected chi connectivity index (χ2v) is 5.10. The lowest BCUT2D eigenvalue weighted by atomic mass is 10.0. The second-order valence-electron chi connectivity index (χ2n) is 5.10. The molecule has 0 saturated heterocycles. The van der Waals surface area contributed by atoms with Gasteiger partial charge in [-0.15, -0.1) is 0 Å². The first kappa shape index (κ1) is 16.0. The largest absolute Gasteiger partial charge is 0.389 e. The Balaban J connectivity index is 3.03. The number of rotatable bonds is 7. The zero-order valence-electron chi connectivity index (χ0n) is 12.5. The summed E-state index contributed by atoms with van der Waals surface area (Å²) < 4.78 is 13.3. The number of benzene rings is 1. The van der Waals surface area contributed by atoms with Gasteiger partial charge in [-0.05, 0) is 38.0 Å². The molecule has 2 nitrogen and oxygen atoms in total. The van der Waals surface area contributed by atoms with Crippen molar-refractivity contribution in [2.75, 3.05) is 18.0 Å². The van der Waals surface area contributed by atoms with Gasteiger partial charge in [0.2, 0.25) is 0 Å². The summed E-state index contributed by atoms with van der Waals surface area (Å²) in [6.07, 6.45) is 1.62. The average molecular weight is 267 g/mol. The van der Waals surface area contributed by atoms with Crippen LogP contribution in [0, 0.1) is 11.7 Å². The monoisotopic (exact) mass is 267 g/mol. The molecule has 3 heteroatoms. The van der Waals surface area contributed by atoms with E-state index in [1.54, 1.807) is 13.0 Å². The highest BCUT2D eigenvalue weighted by Gasteiger charge is 2.16. The lowest BCUT2D eigenvalue weighted by molar-refractivity contribution is 0.199. The van der Waals surface area contributed by atoms with Gasteiger partial charge in [-0.2, -0.15) is 0 Å². The number of aliphatic hydroxyl groups is 1. The van der Waals surface area contributed by atoms with Crippen LogP contribution in [-0.4, -0.2) is 18.2 Å². The van der Waals surface area contributed by atoms with E-state index >= 15 is 0 Å². The van der Waals surface area contributed by atoms with Crippen LogP contribution in [0.1, 0.15) is 52.2 Å². The predicted molar refractivity (Wildman–Crippen MR) is 79.0 cm³/mol. The molecule has 1 N–H and O–H groups in total. The number of aliphatic hydroxyl groups excluding tert-OH is 1. The number of hydrogen-bond donors (Lipinski definition) is 1. The maximum absolute atomic E-state index is 13.3. The maximum Gasteiger partial charge on any atom is 0.123 e. The minimum atomic E-state index is -0.651. The Morgan fingerprint density at radius 2 is 1.84 bits per heavy atom. The predicted octanol–water partition coefficient (Wildman–Crippen LogP) is 4.14. The molecule has 0 aliphatic rings. The summed E-state index contributed by atoms with van der Waals surface area (Å²) in [7, 11) is 0. The van der Waals surface area contributed by atoms with Gasteiger partial charge in [0.1, 0.15) is 5.82 Å². The average Bonchev–Trinajstić information content (AvgIpc) is 2.40. The Morgan fingerprint density at radius 1 is 1.21 bits per heavy atom. The van der Waals surface area contributed by atoms with Crippen molar-refractivity contribution in [3.8, 4) is 0 Å². The van der Waals surface area contributed by atoms with Crippen LogP contribution in [0.4, 0.5) is 10.1 Å². The van der Waals surface area contributed by atoms with Gasteiger partial charge in [-0.3, -0.25) is 0 Å². The van der Waals surface area contributed by atoms with Crippen LogP contribution >= 0.6 is 0 Å². The third-order valence-corrected chi connectivity index (χ3v) is 3.80. The van der Waals surface area contributed by atoms with Crippen LogP contribution < -0.4 is 4.90 Å². The van der Waals surface area contributed by atoms with Crippen molar-refractivity contribution < 1.29 is 9.50 Å². The van der Waals surface area contributed by atoms with Crippen molar-refractivity contribution in [2.45, 2.75) is 46.6 Å². The van der Waals surface area contributed by atoms with Gasteiger partial charge in [0, 0.05) is 24.3 Å². The van der Waals surface area contributed by atoms with E-state index in [0.717, 1.165) is 31.6 Å². The number of hydrogen-bond acceptors (Lipinski definition) is 2. The van der Waals surface area contributed by atoms with Gasteiger partial charge < -0.3 is 10.0 Å². The summed E-state index contributed by atoms with van der Waals surface area (Å²) in [5, 5.41) is 9.83. The first-order chi connectivity index (χ1) is 9.03. The summed E-state index contributed by atoms with van der Waals surface area (Å²) in [5.74, 6) is 0.338. The van der Waals surface area contributed by atoms with E-state index in [0.29, 0.717) is 11.5 Å². The Labute approximate surface area is 116 Å². The van der Waals surface area contributed by atoms with E-state index in [2.05, 4.69) is 25.7 Å². The van der Waals surface area contributed by atoms with E-state index in [4.69, 9.17) is 0 Å². The normalized spacial score (nSPS) is 12.8. The zero-order valence-corrected chi connectivity index (χ0v) is 12.5. The van der Waals surface area contributed by atoms with Gasteiger partial charge in [0.15, 0.2) is 0 Å². The summed E-state index contributed by atoms with van der Waals surface area (Å²) in [4.78, 5) is 2.24. The molecular formula is C16H26FNO. The van der Waals surface area contributed by atoms with Crippen molar-refractivity contribution in [2.24, 2.45) is 5.92 Å². The SMILES string of the molecule is CCC(CC)CN(CC)c1ccc(F)cc1[C@H](C)O. The first-order valence-corrected chi connectivity index (χ1v) is 7.25. The standard InChI is InChI=1S/C16H26FNO/c1-5-13(6-2)11-18(7-3)16-9-8-14(17)10-15(16)12(4)19/h8-10,12-13,19H,5-7,11H2,1-4H3/t12-/m0/s1. The molecule has 0 heterocycles. The minimum Gasteiger partial charge on any atom is -0.389 e. The van der Waals surface area contributed by atoms with Crippen LogP contribution in [0.5, 0.6) is 0 Å². The summed E-state index contributed by atoms with van der Waals surface area (Å²) in [5.41, 5.74) is 1.62. The molecule has 1 aromatic carbocycles. The van der Waals surface area contributed by atoms with Crippen LogP contribution in [0.25, 0.3) is 0 Å². The number of anilines is 1. The summed E-state index contributed by atoms with van der Waals surface area (Å²) >= 11 is 0. The first-order valence-electron chi connectivity index (χ1n) is 7.25. The summed E-state index contributed by atoms with van der Waals surface area (Å²) in [6.45, 7) is 9.99. The van der Waals surface area contributed by atoms with Crippen molar-refractivity contribution in [3.63, 3.8) is 0 Å². The Hall–Kier alpha value is -1.09. The fourth-order valence-corrected chi connectivity index (χ4v) is 2.40. The molecule has 1 atom stereocenters. The molecule has 0 aliphatic carbocycles. The van der Waals surface area contributed by atoms with Crippen molar-refractivity contribution in [1.29, 1.82) is 0 Å². The van der Waals surface area contributed by atoms with Crippen LogP contribution in [0.15, 0.2) is 18.2 Å². The maximum atomic E-state index is 13.3. The van der Waals surface area contributed by atoms with E-state index < -0.39 is 6.10 Å². The molecule has 0 amide bonds. The quantitative estimate of drug-likeness (QED) is 0.802. The van der Waals surface area contributed by atoms with Crippen molar-refractivity contribution >= 4 is 5.69 Å². The van der Waals surface area contributed by atoms with Crippen molar-refractivity contribution in [3.05, 3.63) is 29.6 Å². The third-order valence-electron chi connectivity index (χ3n) is 3.80. The number of halogens is 1. The molecule has 19 heavy (non-hydrogen) atoms. The highest BCUT2D eigenvalue weighted by Crippen LogP contribution is 2.28. The Kier molecular flexibility index (Phi) is 6.29. The molecule has 108 valence electrons. The fraction of sp³-hybridized carbons (Fsp3) is 0.625. The summed E-state index contributed by atoms with van der Waals surface area (Å²) in [6, 6.07) is 4.69. The fourth-order valence-electron chi connectivity index (χ4n) is 2.40. The highest BCUT2D eigenvalue weighted by molar-refractivity contribution is 5.54. The van der Waals surface area contributed by atoms with Gasteiger partial charge >= 0.3 is 0 Å².